The molecule has 2 aromatic carbocycles. The van der Waals surface area contributed by atoms with Crippen LogP contribution in [0.5, 0.6) is 0 Å². The first-order valence-electron chi connectivity index (χ1n) is 11.7. The SMILES string of the molecule is CCc1ccc(Nc2c(C(O)N3CC(O)(CNC4(CO)CCCC4)C3)ccc(F)c2F)c(F)c1. The highest BCUT2D eigenvalue weighted by molar-refractivity contribution is 5.65. The normalized spacial score (nSPS) is 20.2. The lowest BCUT2D eigenvalue weighted by Gasteiger charge is -2.50. The van der Waals surface area contributed by atoms with Crippen LogP contribution < -0.4 is 10.6 Å². The lowest BCUT2D eigenvalue weighted by atomic mass is 9.90. The fourth-order valence-electron chi connectivity index (χ4n) is 4.91. The predicted molar refractivity (Wildman–Crippen MR) is 123 cm³/mol. The van der Waals surface area contributed by atoms with Crippen molar-refractivity contribution in [2.45, 2.75) is 56.4 Å². The molecule has 1 aliphatic heterocycles. The van der Waals surface area contributed by atoms with E-state index in [1.165, 1.54) is 23.1 Å². The van der Waals surface area contributed by atoms with Gasteiger partial charge in [0.15, 0.2) is 11.6 Å². The summed E-state index contributed by atoms with van der Waals surface area (Å²) in [5.74, 6) is -2.96. The molecule has 1 atom stereocenters. The number of anilines is 2. The van der Waals surface area contributed by atoms with Crippen LogP contribution in [0.1, 0.15) is 50.0 Å². The van der Waals surface area contributed by atoms with E-state index >= 15 is 0 Å². The Labute approximate surface area is 197 Å². The van der Waals surface area contributed by atoms with Crippen LogP contribution in [0, 0.1) is 17.5 Å². The first-order chi connectivity index (χ1) is 16.2. The summed E-state index contributed by atoms with van der Waals surface area (Å²) in [7, 11) is 0. The molecule has 2 aliphatic rings. The third-order valence-electron chi connectivity index (χ3n) is 7.10. The second-order valence-corrected chi connectivity index (χ2v) is 9.62. The molecule has 1 heterocycles. The smallest absolute Gasteiger partial charge is 0.182 e. The molecule has 0 bridgehead atoms. The largest absolute Gasteiger partial charge is 0.394 e. The van der Waals surface area contributed by atoms with Gasteiger partial charge in [0.25, 0.3) is 0 Å². The Kier molecular flexibility index (Phi) is 7.21. The molecule has 0 aromatic heterocycles. The van der Waals surface area contributed by atoms with Gasteiger partial charge in [0, 0.05) is 30.7 Å². The van der Waals surface area contributed by atoms with E-state index in [0.717, 1.165) is 37.3 Å². The lowest BCUT2D eigenvalue weighted by molar-refractivity contribution is -0.162. The van der Waals surface area contributed by atoms with Crippen LogP contribution in [0.4, 0.5) is 24.5 Å². The molecule has 1 saturated heterocycles. The first-order valence-corrected chi connectivity index (χ1v) is 11.7. The van der Waals surface area contributed by atoms with Crippen LogP contribution in [0.25, 0.3) is 0 Å². The zero-order valence-corrected chi connectivity index (χ0v) is 19.3. The van der Waals surface area contributed by atoms with Crippen molar-refractivity contribution >= 4 is 11.4 Å². The van der Waals surface area contributed by atoms with E-state index in [9.17, 15) is 28.5 Å². The van der Waals surface area contributed by atoms with Crippen molar-refractivity contribution in [1.82, 2.24) is 10.2 Å². The average molecular weight is 480 g/mol. The van der Waals surface area contributed by atoms with Crippen molar-refractivity contribution in [2.24, 2.45) is 0 Å². The average Bonchev–Trinajstić information content (AvgIpc) is 3.29. The maximum atomic E-state index is 14.7. The van der Waals surface area contributed by atoms with Gasteiger partial charge in [0.2, 0.25) is 0 Å². The number of halogens is 3. The molecule has 2 fully saturated rings. The Morgan fingerprint density at radius 3 is 2.38 bits per heavy atom. The molecule has 4 rings (SSSR count). The highest BCUT2D eigenvalue weighted by atomic mass is 19.2. The standard InChI is InChI=1S/C25H32F3N3O3/c1-2-16-5-8-20(19(27)11-16)30-22-17(6-7-18(26)21(22)28)23(33)31-13-25(34,14-31)12-29-24(15-32)9-3-4-10-24/h5-8,11,23,29-30,32-34H,2-4,9-10,12-15H2,1H3. The van der Waals surface area contributed by atoms with Crippen molar-refractivity contribution in [3.63, 3.8) is 0 Å². The highest BCUT2D eigenvalue weighted by Gasteiger charge is 2.46. The van der Waals surface area contributed by atoms with Gasteiger partial charge in [-0.15, -0.1) is 0 Å². The molecule has 1 unspecified atom stereocenters. The monoisotopic (exact) mass is 479 g/mol. The van der Waals surface area contributed by atoms with E-state index in [4.69, 9.17) is 0 Å². The van der Waals surface area contributed by atoms with Crippen LogP contribution in [-0.2, 0) is 6.42 Å². The summed E-state index contributed by atoms with van der Waals surface area (Å²) < 4.78 is 43.2. The van der Waals surface area contributed by atoms with E-state index < -0.39 is 29.3 Å². The maximum Gasteiger partial charge on any atom is 0.182 e. The van der Waals surface area contributed by atoms with Crippen molar-refractivity contribution in [2.75, 3.05) is 31.6 Å². The van der Waals surface area contributed by atoms with Crippen LogP contribution in [0.3, 0.4) is 0 Å². The molecule has 34 heavy (non-hydrogen) atoms. The number of benzene rings is 2. The summed E-state index contributed by atoms with van der Waals surface area (Å²) in [6.07, 6.45) is 3.00. The number of aryl methyl sites for hydroxylation is 1. The van der Waals surface area contributed by atoms with Gasteiger partial charge in [-0.05, 0) is 49.1 Å². The van der Waals surface area contributed by atoms with Crippen LogP contribution in [-0.4, -0.2) is 57.6 Å². The van der Waals surface area contributed by atoms with E-state index in [1.54, 1.807) is 6.07 Å². The molecular formula is C25H32F3N3O3. The van der Waals surface area contributed by atoms with E-state index in [-0.39, 0.29) is 48.7 Å². The van der Waals surface area contributed by atoms with Crippen LogP contribution >= 0.6 is 0 Å². The molecule has 9 heteroatoms. The Morgan fingerprint density at radius 2 is 1.76 bits per heavy atom. The van der Waals surface area contributed by atoms with Gasteiger partial charge < -0.3 is 26.0 Å². The number of nitrogens with zero attached hydrogens (tertiary/aromatic N) is 1. The Hall–Kier alpha value is -2.17. The van der Waals surface area contributed by atoms with Gasteiger partial charge >= 0.3 is 0 Å². The number of hydrogen-bond acceptors (Lipinski definition) is 6. The summed E-state index contributed by atoms with van der Waals surface area (Å²) in [6.45, 7) is 2.31. The number of hydrogen-bond donors (Lipinski definition) is 5. The van der Waals surface area contributed by atoms with E-state index in [0.29, 0.717) is 6.42 Å². The second kappa shape index (κ2) is 9.83. The molecule has 186 valence electrons. The van der Waals surface area contributed by atoms with Crippen molar-refractivity contribution in [1.29, 1.82) is 0 Å². The minimum atomic E-state index is -1.34. The summed E-state index contributed by atoms with van der Waals surface area (Å²) >= 11 is 0. The minimum absolute atomic E-state index is 0.00486. The summed E-state index contributed by atoms with van der Waals surface area (Å²) in [6, 6.07) is 6.61. The fraction of sp³-hybridized carbons (Fsp3) is 0.520. The van der Waals surface area contributed by atoms with Crippen molar-refractivity contribution < 1.29 is 28.5 Å². The number of β-amino-alcohol motifs (C(OH)–C–C–N with tert-alkyl or cyclic N) is 1. The van der Waals surface area contributed by atoms with Crippen LogP contribution in [0.15, 0.2) is 30.3 Å². The first kappa shape index (κ1) is 24.9. The van der Waals surface area contributed by atoms with Gasteiger partial charge in [-0.3, -0.25) is 4.90 Å². The molecule has 0 radical (unpaired) electrons. The zero-order chi connectivity index (χ0) is 24.5. The summed E-state index contributed by atoms with van der Waals surface area (Å²) in [5, 5.41) is 37.4. The van der Waals surface area contributed by atoms with Crippen molar-refractivity contribution in [3.05, 3.63) is 58.9 Å². The number of likely N-dealkylation sites (tertiary alicyclic amines) is 1. The van der Waals surface area contributed by atoms with Gasteiger partial charge in [-0.25, -0.2) is 13.2 Å². The molecule has 1 aliphatic carbocycles. The van der Waals surface area contributed by atoms with Gasteiger partial charge in [0.1, 0.15) is 17.6 Å². The quantitative estimate of drug-likeness (QED) is 0.379. The Morgan fingerprint density at radius 1 is 1.06 bits per heavy atom. The Bertz CT molecular complexity index is 1020. The number of nitrogens with one attached hydrogen (secondary N) is 2. The topological polar surface area (TPSA) is 88.0 Å². The predicted octanol–water partition coefficient (Wildman–Crippen LogP) is 3.34. The third kappa shape index (κ3) is 4.94. The van der Waals surface area contributed by atoms with Gasteiger partial charge in [0.05, 0.1) is 18.0 Å². The van der Waals surface area contributed by atoms with E-state index in [1.807, 2.05) is 6.92 Å². The summed E-state index contributed by atoms with van der Waals surface area (Å²) in [5.41, 5.74) is -1.10. The maximum absolute atomic E-state index is 14.7. The highest BCUT2D eigenvalue weighted by Crippen LogP contribution is 2.37. The van der Waals surface area contributed by atoms with Crippen LogP contribution in [0.2, 0.25) is 0 Å². The molecular weight excluding hydrogens is 447 g/mol. The molecule has 6 nitrogen and oxygen atoms in total. The second-order valence-electron chi connectivity index (χ2n) is 9.62. The molecule has 0 spiro atoms. The number of rotatable bonds is 9. The van der Waals surface area contributed by atoms with Gasteiger partial charge in [-0.1, -0.05) is 25.8 Å². The lowest BCUT2D eigenvalue weighted by Crippen LogP contribution is -2.68. The molecule has 1 saturated carbocycles. The minimum Gasteiger partial charge on any atom is -0.394 e. The van der Waals surface area contributed by atoms with Crippen molar-refractivity contribution in [3.8, 4) is 0 Å². The summed E-state index contributed by atoms with van der Waals surface area (Å²) in [4.78, 5) is 1.52. The van der Waals surface area contributed by atoms with Gasteiger partial charge in [-0.2, -0.15) is 0 Å². The number of aliphatic hydroxyl groups is 3. The van der Waals surface area contributed by atoms with E-state index in [2.05, 4.69) is 10.6 Å². The molecule has 0 amide bonds. The zero-order valence-electron chi connectivity index (χ0n) is 19.3. The third-order valence-corrected chi connectivity index (χ3v) is 7.10. The Balaban J connectivity index is 1.47. The fourth-order valence-corrected chi connectivity index (χ4v) is 4.91. The molecule has 5 N–H and O–H groups in total. The number of aliphatic hydroxyl groups excluding tert-OH is 2. The molecule has 2 aromatic rings.